The summed E-state index contributed by atoms with van der Waals surface area (Å²) in [6.07, 6.45) is -5.09. The fourth-order valence-corrected chi connectivity index (χ4v) is 3.78. The SMILES string of the molecule is COc1cc(C)c(C)cc1S(=O)(=O)NC[C@](O)(c1ccccc1)C(F)(F)F. The van der Waals surface area contributed by atoms with Gasteiger partial charge in [0.25, 0.3) is 0 Å². The first-order valence-electron chi connectivity index (χ1n) is 7.92. The standard InChI is InChI=1S/C18H20F3NO4S/c1-12-9-15(26-3)16(10-13(12)2)27(24,25)22-11-17(23,18(19,20)21)14-7-5-4-6-8-14/h4-10,22-23H,11H2,1-3H3/t17-/m0/s1. The summed E-state index contributed by atoms with van der Waals surface area (Å²) in [5.41, 5.74) is -2.45. The van der Waals surface area contributed by atoms with Crippen LogP contribution >= 0.6 is 0 Å². The van der Waals surface area contributed by atoms with E-state index in [1.54, 1.807) is 13.8 Å². The molecule has 27 heavy (non-hydrogen) atoms. The third-order valence-electron chi connectivity index (χ3n) is 4.31. The van der Waals surface area contributed by atoms with E-state index in [2.05, 4.69) is 0 Å². The van der Waals surface area contributed by atoms with E-state index < -0.39 is 33.9 Å². The van der Waals surface area contributed by atoms with Crippen LogP contribution < -0.4 is 9.46 Å². The van der Waals surface area contributed by atoms with Gasteiger partial charge in [0.05, 0.1) is 13.7 Å². The molecule has 0 saturated carbocycles. The molecule has 0 aliphatic carbocycles. The van der Waals surface area contributed by atoms with E-state index in [9.17, 15) is 26.7 Å². The van der Waals surface area contributed by atoms with Crippen LogP contribution in [0.1, 0.15) is 16.7 Å². The molecule has 2 rings (SSSR count). The third-order valence-corrected chi connectivity index (χ3v) is 5.73. The minimum atomic E-state index is -5.09. The molecule has 0 radical (unpaired) electrons. The van der Waals surface area contributed by atoms with Gasteiger partial charge in [-0.25, -0.2) is 13.1 Å². The number of aliphatic hydroxyl groups is 1. The van der Waals surface area contributed by atoms with Crippen LogP contribution in [0, 0.1) is 13.8 Å². The zero-order valence-corrected chi connectivity index (χ0v) is 15.8. The van der Waals surface area contributed by atoms with Crippen molar-refractivity contribution in [2.45, 2.75) is 30.5 Å². The molecule has 0 spiro atoms. The summed E-state index contributed by atoms with van der Waals surface area (Å²) in [4.78, 5) is -0.300. The predicted octanol–water partition coefficient (Wildman–Crippen LogP) is 3.04. The number of benzene rings is 2. The van der Waals surface area contributed by atoms with Crippen LogP contribution in [-0.2, 0) is 15.6 Å². The molecule has 9 heteroatoms. The lowest BCUT2D eigenvalue weighted by Crippen LogP contribution is -2.51. The van der Waals surface area contributed by atoms with Crippen LogP contribution in [0.25, 0.3) is 0 Å². The highest BCUT2D eigenvalue weighted by Crippen LogP contribution is 2.39. The topological polar surface area (TPSA) is 75.6 Å². The number of rotatable bonds is 6. The molecular weight excluding hydrogens is 383 g/mol. The maximum atomic E-state index is 13.5. The Bertz CT molecular complexity index is 914. The van der Waals surface area contributed by atoms with Crippen molar-refractivity contribution in [1.82, 2.24) is 4.72 Å². The van der Waals surface area contributed by atoms with Gasteiger partial charge in [0.15, 0.2) is 5.60 Å². The number of halogens is 3. The van der Waals surface area contributed by atoms with Gasteiger partial charge in [0, 0.05) is 0 Å². The molecule has 5 nitrogen and oxygen atoms in total. The van der Waals surface area contributed by atoms with Crippen LogP contribution in [-0.4, -0.2) is 33.4 Å². The Hall–Kier alpha value is -2.10. The van der Waals surface area contributed by atoms with E-state index in [0.717, 1.165) is 17.7 Å². The van der Waals surface area contributed by atoms with Gasteiger partial charge >= 0.3 is 6.18 Å². The molecule has 0 bridgehead atoms. The number of sulfonamides is 1. The molecule has 0 aliphatic rings. The van der Waals surface area contributed by atoms with E-state index in [1.165, 1.54) is 37.4 Å². The first-order valence-corrected chi connectivity index (χ1v) is 9.40. The highest BCUT2D eigenvalue weighted by molar-refractivity contribution is 7.89. The fraction of sp³-hybridized carbons (Fsp3) is 0.333. The fourth-order valence-electron chi connectivity index (χ4n) is 2.49. The van der Waals surface area contributed by atoms with Crippen LogP contribution in [0.5, 0.6) is 5.75 Å². The first kappa shape index (κ1) is 21.2. The molecule has 0 unspecified atom stereocenters. The Kier molecular flexibility index (Phi) is 5.88. The van der Waals surface area contributed by atoms with Gasteiger partial charge in [-0.2, -0.15) is 13.2 Å². The molecule has 148 valence electrons. The highest BCUT2D eigenvalue weighted by atomic mass is 32.2. The molecule has 0 saturated heterocycles. The molecule has 0 fully saturated rings. The maximum Gasteiger partial charge on any atom is 0.422 e. The number of methoxy groups -OCH3 is 1. The molecule has 2 aromatic rings. The van der Waals surface area contributed by atoms with Gasteiger partial charge in [0.2, 0.25) is 10.0 Å². The summed E-state index contributed by atoms with van der Waals surface area (Å²) in [5, 5.41) is 10.3. The van der Waals surface area contributed by atoms with Crippen LogP contribution in [0.2, 0.25) is 0 Å². The summed E-state index contributed by atoms with van der Waals surface area (Å²) < 4.78 is 72.7. The monoisotopic (exact) mass is 403 g/mol. The van der Waals surface area contributed by atoms with Gasteiger partial charge in [0.1, 0.15) is 10.6 Å². The Balaban J connectivity index is 2.42. The summed E-state index contributed by atoms with van der Waals surface area (Å²) in [6, 6.07) is 9.10. The number of aryl methyl sites for hydroxylation is 2. The van der Waals surface area contributed by atoms with Gasteiger partial charge in [-0.05, 0) is 42.7 Å². The minimum absolute atomic E-state index is 0.000796. The molecular formula is C18H20F3NO4S. The average Bonchev–Trinajstić information content (AvgIpc) is 2.61. The Morgan fingerprint density at radius 1 is 1.07 bits per heavy atom. The van der Waals surface area contributed by atoms with E-state index in [-0.39, 0.29) is 10.6 Å². The van der Waals surface area contributed by atoms with Crippen molar-refractivity contribution >= 4 is 10.0 Å². The van der Waals surface area contributed by atoms with Crippen LogP contribution in [0.4, 0.5) is 13.2 Å². The maximum absolute atomic E-state index is 13.5. The zero-order chi connectivity index (χ0) is 20.5. The second kappa shape index (κ2) is 7.49. The minimum Gasteiger partial charge on any atom is -0.495 e. The van der Waals surface area contributed by atoms with E-state index in [4.69, 9.17) is 4.74 Å². The van der Waals surface area contributed by atoms with Gasteiger partial charge in [-0.1, -0.05) is 30.3 Å². The van der Waals surface area contributed by atoms with Crippen molar-refractivity contribution in [3.63, 3.8) is 0 Å². The van der Waals surface area contributed by atoms with Gasteiger partial charge in [-0.3, -0.25) is 0 Å². The molecule has 0 aliphatic heterocycles. The molecule has 1 atom stereocenters. The molecule has 2 aromatic carbocycles. The summed E-state index contributed by atoms with van der Waals surface area (Å²) >= 11 is 0. The van der Waals surface area contributed by atoms with Crippen LogP contribution in [0.3, 0.4) is 0 Å². The Morgan fingerprint density at radius 3 is 2.15 bits per heavy atom. The van der Waals surface area contributed by atoms with Gasteiger partial charge in [-0.15, -0.1) is 0 Å². The highest BCUT2D eigenvalue weighted by Gasteiger charge is 2.55. The normalized spacial score (nSPS) is 14.6. The quantitative estimate of drug-likeness (QED) is 0.778. The van der Waals surface area contributed by atoms with E-state index in [0.29, 0.717) is 5.56 Å². The Morgan fingerprint density at radius 2 is 1.63 bits per heavy atom. The second-order valence-electron chi connectivity index (χ2n) is 6.14. The molecule has 0 aromatic heterocycles. The lowest BCUT2D eigenvalue weighted by atomic mass is 9.93. The van der Waals surface area contributed by atoms with Crippen molar-refractivity contribution in [2.75, 3.05) is 13.7 Å². The lowest BCUT2D eigenvalue weighted by Gasteiger charge is -2.31. The van der Waals surface area contributed by atoms with Crippen molar-refractivity contribution in [1.29, 1.82) is 0 Å². The predicted molar refractivity (Wildman–Crippen MR) is 94.1 cm³/mol. The largest absolute Gasteiger partial charge is 0.495 e. The second-order valence-corrected chi connectivity index (χ2v) is 7.87. The summed E-state index contributed by atoms with van der Waals surface area (Å²) in [7, 11) is -3.12. The smallest absolute Gasteiger partial charge is 0.422 e. The van der Waals surface area contributed by atoms with Gasteiger partial charge < -0.3 is 9.84 Å². The van der Waals surface area contributed by atoms with Crippen molar-refractivity contribution < 1.29 is 31.4 Å². The molecule has 0 amide bonds. The number of hydrogen-bond acceptors (Lipinski definition) is 4. The third kappa shape index (κ3) is 4.26. The van der Waals surface area contributed by atoms with E-state index in [1.807, 2.05) is 4.72 Å². The van der Waals surface area contributed by atoms with Crippen molar-refractivity contribution in [3.05, 3.63) is 59.2 Å². The lowest BCUT2D eigenvalue weighted by molar-refractivity contribution is -0.263. The molecule has 0 heterocycles. The van der Waals surface area contributed by atoms with Crippen molar-refractivity contribution in [3.8, 4) is 5.75 Å². The van der Waals surface area contributed by atoms with E-state index >= 15 is 0 Å². The summed E-state index contributed by atoms with van der Waals surface area (Å²) in [6.45, 7) is 2.14. The number of alkyl halides is 3. The summed E-state index contributed by atoms with van der Waals surface area (Å²) in [5.74, 6) is 0.000796. The Labute approximate surface area is 155 Å². The van der Waals surface area contributed by atoms with Crippen molar-refractivity contribution in [2.24, 2.45) is 0 Å². The average molecular weight is 403 g/mol. The number of hydrogen-bond donors (Lipinski definition) is 2. The molecule has 2 N–H and O–H groups in total. The number of ether oxygens (including phenoxy) is 1. The van der Waals surface area contributed by atoms with Crippen LogP contribution in [0.15, 0.2) is 47.4 Å². The number of nitrogens with one attached hydrogen (secondary N) is 1. The zero-order valence-electron chi connectivity index (χ0n) is 15.0. The first-order chi connectivity index (χ1) is 12.4.